The van der Waals surface area contributed by atoms with Crippen molar-refractivity contribution in [3.05, 3.63) is 59.7 Å². The zero-order valence-corrected chi connectivity index (χ0v) is 15.3. The van der Waals surface area contributed by atoms with Gasteiger partial charge in [0, 0.05) is 25.6 Å². The van der Waals surface area contributed by atoms with Gasteiger partial charge in [-0.15, -0.1) is 0 Å². The summed E-state index contributed by atoms with van der Waals surface area (Å²) in [7, 11) is 1.61. The molecule has 0 fully saturated rings. The van der Waals surface area contributed by atoms with E-state index in [1.807, 2.05) is 0 Å². The van der Waals surface area contributed by atoms with Crippen LogP contribution in [0.15, 0.2) is 48.5 Å². The van der Waals surface area contributed by atoms with Crippen molar-refractivity contribution in [1.82, 2.24) is 10.6 Å². The molecule has 27 heavy (non-hydrogen) atoms. The van der Waals surface area contributed by atoms with Crippen LogP contribution in [0.3, 0.4) is 0 Å². The van der Waals surface area contributed by atoms with Gasteiger partial charge in [0.15, 0.2) is 0 Å². The Labute approximate surface area is 158 Å². The highest BCUT2D eigenvalue weighted by Gasteiger charge is 2.17. The summed E-state index contributed by atoms with van der Waals surface area (Å²) >= 11 is 0. The van der Waals surface area contributed by atoms with Gasteiger partial charge in [0.25, 0.3) is 5.91 Å². The van der Waals surface area contributed by atoms with Gasteiger partial charge < -0.3 is 15.7 Å². The molecule has 0 heterocycles. The number of carboxylic acids is 1. The number of carbonyl (C=O) groups is 3. The molecule has 0 radical (unpaired) electrons. The Morgan fingerprint density at radius 1 is 0.852 bits per heavy atom. The molecule has 0 aliphatic rings. The molecule has 0 saturated heterocycles. The van der Waals surface area contributed by atoms with Crippen LogP contribution >= 0.6 is 0 Å². The Hall–Kier alpha value is -3.15. The van der Waals surface area contributed by atoms with Crippen molar-refractivity contribution in [2.75, 3.05) is 13.6 Å². The summed E-state index contributed by atoms with van der Waals surface area (Å²) in [5.74, 6) is -1.25. The number of amides is 2. The van der Waals surface area contributed by atoms with E-state index in [2.05, 4.69) is 10.6 Å². The number of benzene rings is 2. The lowest BCUT2D eigenvalue weighted by Crippen LogP contribution is -2.25. The van der Waals surface area contributed by atoms with E-state index in [9.17, 15) is 19.5 Å². The van der Waals surface area contributed by atoms with E-state index in [0.717, 1.165) is 19.3 Å². The molecule has 2 aromatic carbocycles. The average Bonchev–Trinajstić information content (AvgIpc) is 2.70. The summed E-state index contributed by atoms with van der Waals surface area (Å²) in [6, 6.07) is 13.6. The largest absolute Gasteiger partial charge is 0.478 e. The summed E-state index contributed by atoms with van der Waals surface area (Å²) in [5.41, 5.74) is 1.71. The summed E-state index contributed by atoms with van der Waals surface area (Å²) in [5, 5.41) is 14.9. The zero-order valence-electron chi connectivity index (χ0n) is 15.3. The number of carbonyl (C=O) groups excluding carboxylic acids is 2. The summed E-state index contributed by atoms with van der Waals surface area (Å²) < 4.78 is 0. The number of nitrogens with one attached hydrogen (secondary N) is 2. The molecule has 142 valence electrons. The van der Waals surface area contributed by atoms with E-state index in [0.29, 0.717) is 29.7 Å². The first kappa shape index (κ1) is 20.2. The van der Waals surface area contributed by atoms with E-state index >= 15 is 0 Å². The quantitative estimate of drug-likeness (QED) is 0.593. The highest BCUT2D eigenvalue weighted by atomic mass is 16.4. The standard InChI is InChI=1S/C21H24N2O4/c1-22-19(24)13-3-2-8-14-23-20(25)17-11-6-4-9-15(17)16-10-5-7-12-18(16)21(26)27/h4-7,9-12H,2-3,8,13-14H2,1H3,(H,22,24)(H,23,25)(H,26,27). The molecule has 0 atom stereocenters. The first-order chi connectivity index (χ1) is 13.0. The van der Waals surface area contributed by atoms with Crippen molar-refractivity contribution < 1.29 is 19.5 Å². The molecular formula is C21H24N2O4. The number of hydrogen-bond acceptors (Lipinski definition) is 3. The van der Waals surface area contributed by atoms with Crippen molar-refractivity contribution >= 4 is 17.8 Å². The molecule has 0 aromatic heterocycles. The second-order valence-electron chi connectivity index (χ2n) is 6.14. The molecule has 2 rings (SSSR count). The van der Waals surface area contributed by atoms with Gasteiger partial charge in [-0.1, -0.05) is 42.8 Å². The van der Waals surface area contributed by atoms with Gasteiger partial charge in [-0.05, 0) is 36.1 Å². The van der Waals surface area contributed by atoms with Gasteiger partial charge in [-0.2, -0.15) is 0 Å². The van der Waals surface area contributed by atoms with Gasteiger partial charge in [0.1, 0.15) is 0 Å². The minimum absolute atomic E-state index is 0.0186. The lowest BCUT2D eigenvalue weighted by molar-refractivity contribution is -0.120. The molecule has 2 amide bonds. The molecular weight excluding hydrogens is 344 g/mol. The zero-order chi connectivity index (χ0) is 19.6. The highest BCUT2D eigenvalue weighted by molar-refractivity contribution is 6.04. The minimum atomic E-state index is -1.03. The van der Waals surface area contributed by atoms with Gasteiger partial charge in [0.05, 0.1) is 5.56 Å². The molecule has 6 nitrogen and oxygen atoms in total. The first-order valence-electron chi connectivity index (χ1n) is 8.95. The lowest BCUT2D eigenvalue weighted by Gasteiger charge is -2.12. The Kier molecular flexibility index (Phi) is 7.55. The normalized spacial score (nSPS) is 10.3. The third-order valence-electron chi connectivity index (χ3n) is 4.26. The smallest absolute Gasteiger partial charge is 0.336 e. The molecule has 0 aliphatic heterocycles. The van der Waals surface area contributed by atoms with E-state index in [1.165, 1.54) is 6.07 Å². The monoisotopic (exact) mass is 368 g/mol. The summed E-state index contributed by atoms with van der Waals surface area (Å²) in [4.78, 5) is 35.2. The molecule has 0 aliphatic carbocycles. The molecule has 0 spiro atoms. The van der Waals surface area contributed by atoms with Gasteiger partial charge in [-0.3, -0.25) is 9.59 Å². The van der Waals surface area contributed by atoms with E-state index in [4.69, 9.17) is 0 Å². The van der Waals surface area contributed by atoms with Crippen molar-refractivity contribution in [2.45, 2.75) is 25.7 Å². The van der Waals surface area contributed by atoms with Crippen molar-refractivity contribution in [3.63, 3.8) is 0 Å². The number of rotatable bonds is 9. The fourth-order valence-electron chi connectivity index (χ4n) is 2.83. The van der Waals surface area contributed by atoms with Crippen LogP contribution in [0.4, 0.5) is 0 Å². The Morgan fingerprint density at radius 3 is 2.07 bits per heavy atom. The maximum Gasteiger partial charge on any atom is 0.336 e. The SMILES string of the molecule is CNC(=O)CCCCCNC(=O)c1ccccc1-c1ccccc1C(=O)O. The Balaban J connectivity index is 2.02. The number of carboxylic acid groups (broad SMARTS) is 1. The van der Waals surface area contributed by atoms with Crippen LogP contribution < -0.4 is 10.6 Å². The molecule has 0 bridgehead atoms. The molecule has 3 N–H and O–H groups in total. The van der Waals surface area contributed by atoms with Crippen LogP contribution in [0.2, 0.25) is 0 Å². The number of aromatic carboxylic acids is 1. The van der Waals surface area contributed by atoms with E-state index < -0.39 is 5.97 Å². The summed E-state index contributed by atoms with van der Waals surface area (Å²) in [6.07, 6.45) is 2.88. The molecule has 2 aromatic rings. The van der Waals surface area contributed by atoms with Crippen LogP contribution in [-0.2, 0) is 4.79 Å². The van der Waals surface area contributed by atoms with E-state index in [1.54, 1.807) is 49.5 Å². The molecule has 6 heteroatoms. The Bertz CT molecular complexity index is 817. The van der Waals surface area contributed by atoms with Crippen molar-refractivity contribution in [3.8, 4) is 11.1 Å². The van der Waals surface area contributed by atoms with Crippen LogP contribution in [-0.4, -0.2) is 36.5 Å². The third-order valence-corrected chi connectivity index (χ3v) is 4.26. The number of hydrogen-bond donors (Lipinski definition) is 3. The molecule has 0 unspecified atom stereocenters. The predicted octanol–water partition coefficient (Wildman–Crippen LogP) is 3.09. The van der Waals surface area contributed by atoms with Gasteiger partial charge >= 0.3 is 5.97 Å². The average molecular weight is 368 g/mol. The van der Waals surface area contributed by atoms with Gasteiger partial charge in [-0.25, -0.2) is 4.79 Å². The van der Waals surface area contributed by atoms with Crippen LogP contribution in [0.5, 0.6) is 0 Å². The van der Waals surface area contributed by atoms with Crippen LogP contribution in [0.1, 0.15) is 46.4 Å². The molecule has 0 saturated carbocycles. The lowest BCUT2D eigenvalue weighted by atomic mass is 9.95. The minimum Gasteiger partial charge on any atom is -0.478 e. The predicted molar refractivity (Wildman–Crippen MR) is 104 cm³/mol. The second kappa shape index (κ2) is 10.1. The van der Waals surface area contributed by atoms with Crippen molar-refractivity contribution in [1.29, 1.82) is 0 Å². The maximum absolute atomic E-state index is 12.6. The topological polar surface area (TPSA) is 95.5 Å². The first-order valence-corrected chi connectivity index (χ1v) is 8.95. The highest BCUT2D eigenvalue weighted by Crippen LogP contribution is 2.27. The van der Waals surface area contributed by atoms with Crippen molar-refractivity contribution in [2.24, 2.45) is 0 Å². The Morgan fingerprint density at radius 2 is 1.44 bits per heavy atom. The van der Waals surface area contributed by atoms with Crippen LogP contribution in [0, 0.1) is 0 Å². The maximum atomic E-state index is 12.6. The van der Waals surface area contributed by atoms with Crippen LogP contribution in [0.25, 0.3) is 11.1 Å². The van der Waals surface area contributed by atoms with E-state index in [-0.39, 0.29) is 17.4 Å². The third kappa shape index (κ3) is 5.67. The fraction of sp³-hybridized carbons (Fsp3) is 0.286. The summed E-state index contributed by atoms with van der Waals surface area (Å²) in [6.45, 7) is 0.501. The number of unbranched alkanes of at least 4 members (excludes halogenated alkanes) is 2. The fourth-order valence-corrected chi connectivity index (χ4v) is 2.83. The second-order valence-corrected chi connectivity index (χ2v) is 6.14. The van der Waals surface area contributed by atoms with Gasteiger partial charge in [0.2, 0.25) is 5.91 Å².